The monoisotopic (exact) mass is 348 g/mol. The van der Waals surface area contributed by atoms with Crippen LogP contribution in [0.25, 0.3) is 0 Å². The predicted molar refractivity (Wildman–Crippen MR) is 105 cm³/mol. The Bertz CT molecular complexity index is 455. The van der Waals surface area contributed by atoms with E-state index in [1.54, 1.807) is 0 Å². The van der Waals surface area contributed by atoms with Crippen LogP contribution in [-0.4, -0.2) is 37.0 Å². The van der Waals surface area contributed by atoms with Crippen LogP contribution in [0.2, 0.25) is 0 Å². The van der Waals surface area contributed by atoms with Crippen LogP contribution in [0.1, 0.15) is 64.9 Å². The Balaban J connectivity index is 2.19. The van der Waals surface area contributed by atoms with Gasteiger partial charge in [0.25, 0.3) is 0 Å². The minimum atomic E-state index is 0.0760. The maximum Gasteiger partial charge on any atom is 0.234 e. The fraction of sp³-hybridized carbons (Fsp3) is 0.667. The number of hydrogen-bond donors (Lipinski definition) is 1. The van der Waals surface area contributed by atoms with Crippen LogP contribution in [0, 0.1) is 0 Å². The van der Waals surface area contributed by atoms with Crippen molar-refractivity contribution < 1.29 is 9.53 Å². The van der Waals surface area contributed by atoms with E-state index in [0.29, 0.717) is 13.1 Å². The fourth-order valence-electron chi connectivity index (χ4n) is 2.68. The molecule has 0 radical (unpaired) electrons. The van der Waals surface area contributed by atoms with Crippen LogP contribution in [0.5, 0.6) is 5.75 Å². The van der Waals surface area contributed by atoms with Gasteiger partial charge in [0.1, 0.15) is 5.75 Å². The lowest BCUT2D eigenvalue weighted by Crippen LogP contribution is -2.36. The second-order valence-corrected chi connectivity index (χ2v) is 6.50. The number of hydrogen-bond acceptors (Lipinski definition) is 3. The Hall–Kier alpha value is -1.55. The molecule has 25 heavy (non-hydrogen) atoms. The molecular weight excluding hydrogens is 312 g/mol. The Labute approximate surface area is 153 Å². The van der Waals surface area contributed by atoms with Crippen molar-refractivity contribution in [2.75, 3.05) is 26.2 Å². The molecule has 1 aromatic carbocycles. The van der Waals surface area contributed by atoms with Gasteiger partial charge >= 0.3 is 0 Å². The Morgan fingerprint density at radius 3 is 2.24 bits per heavy atom. The Morgan fingerprint density at radius 1 is 0.960 bits per heavy atom. The average molecular weight is 349 g/mol. The summed E-state index contributed by atoms with van der Waals surface area (Å²) >= 11 is 0. The van der Waals surface area contributed by atoms with Crippen molar-refractivity contribution in [2.45, 2.75) is 65.8 Å². The molecule has 1 N–H and O–H groups in total. The number of rotatable bonds is 14. The summed E-state index contributed by atoms with van der Waals surface area (Å²) in [5, 5.41) is 2.97. The van der Waals surface area contributed by atoms with Crippen LogP contribution < -0.4 is 10.1 Å². The molecule has 0 unspecified atom stereocenters. The van der Waals surface area contributed by atoms with Gasteiger partial charge in [-0.3, -0.25) is 9.69 Å². The number of unbranched alkanes of at least 4 members (excludes halogenated alkanes) is 5. The van der Waals surface area contributed by atoms with E-state index in [-0.39, 0.29) is 5.91 Å². The van der Waals surface area contributed by atoms with E-state index in [9.17, 15) is 4.79 Å². The first-order valence-electron chi connectivity index (χ1n) is 9.90. The number of likely N-dealkylation sites (N-methyl/N-ethyl adjacent to an activating group) is 1. The van der Waals surface area contributed by atoms with Gasteiger partial charge in [0.05, 0.1) is 13.2 Å². The lowest BCUT2D eigenvalue weighted by atomic mass is 10.1. The first-order valence-corrected chi connectivity index (χ1v) is 9.90. The zero-order chi connectivity index (χ0) is 18.3. The molecule has 0 saturated heterocycles. The maximum atomic E-state index is 11.9. The average Bonchev–Trinajstić information content (AvgIpc) is 2.64. The van der Waals surface area contributed by atoms with Gasteiger partial charge in [-0.2, -0.15) is 0 Å². The molecule has 0 heterocycles. The van der Waals surface area contributed by atoms with Crippen molar-refractivity contribution in [1.29, 1.82) is 0 Å². The zero-order valence-corrected chi connectivity index (χ0v) is 16.4. The smallest absolute Gasteiger partial charge is 0.234 e. The van der Waals surface area contributed by atoms with E-state index in [2.05, 4.69) is 31.0 Å². The maximum absolute atomic E-state index is 11.9. The first-order chi connectivity index (χ1) is 12.2. The molecule has 0 fully saturated rings. The van der Waals surface area contributed by atoms with E-state index < -0.39 is 0 Å². The minimum Gasteiger partial charge on any atom is -0.494 e. The second-order valence-electron chi connectivity index (χ2n) is 6.50. The quantitative estimate of drug-likeness (QED) is 0.507. The van der Waals surface area contributed by atoms with Gasteiger partial charge in [-0.05, 0) is 37.2 Å². The number of benzene rings is 1. The molecule has 0 bridgehead atoms. The molecule has 0 aliphatic carbocycles. The normalized spacial score (nSPS) is 10.9. The molecule has 1 amide bonds. The summed E-state index contributed by atoms with van der Waals surface area (Å²) < 4.78 is 5.78. The molecule has 4 heteroatoms. The molecule has 0 spiro atoms. The lowest BCUT2D eigenvalue weighted by molar-refractivity contribution is -0.122. The van der Waals surface area contributed by atoms with E-state index in [0.717, 1.165) is 37.4 Å². The number of carbonyl (C=O) groups excluding carboxylic acids is 1. The summed E-state index contributed by atoms with van der Waals surface area (Å²) in [6.45, 7) is 9.99. The zero-order valence-electron chi connectivity index (χ0n) is 16.4. The molecule has 0 aliphatic heterocycles. The van der Waals surface area contributed by atoms with Crippen LogP contribution in [0.15, 0.2) is 24.3 Å². The first kappa shape index (κ1) is 21.5. The van der Waals surface area contributed by atoms with Gasteiger partial charge in [-0.15, -0.1) is 0 Å². The van der Waals surface area contributed by atoms with Crippen LogP contribution >= 0.6 is 0 Å². The molecule has 0 saturated carbocycles. The van der Waals surface area contributed by atoms with Crippen molar-refractivity contribution in [3.05, 3.63) is 29.8 Å². The van der Waals surface area contributed by atoms with Crippen molar-refractivity contribution in [2.24, 2.45) is 0 Å². The van der Waals surface area contributed by atoms with E-state index >= 15 is 0 Å². The molecule has 0 aliphatic rings. The van der Waals surface area contributed by atoms with Gasteiger partial charge in [-0.25, -0.2) is 0 Å². The molecular formula is C21H36N2O2. The van der Waals surface area contributed by atoms with Crippen molar-refractivity contribution in [1.82, 2.24) is 10.2 Å². The molecule has 0 atom stereocenters. The van der Waals surface area contributed by atoms with Crippen molar-refractivity contribution in [3.8, 4) is 5.75 Å². The molecule has 1 rings (SSSR count). The fourth-order valence-corrected chi connectivity index (χ4v) is 2.68. The highest BCUT2D eigenvalue weighted by atomic mass is 16.5. The minimum absolute atomic E-state index is 0.0760. The number of ether oxygens (including phenoxy) is 1. The van der Waals surface area contributed by atoms with E-state index in [1.165, 1.54) is 32.1 Å². The van der Waals surface area contributed by atoms with Crippen LogP contribution in [-0.2, 0) is 11.3 Å². The van der Waals surface area contributed by atoms with Gasteiger partial charge in [0.15, 0.2) is 0 Å². The highest BCUT2D eigenvalue weighted by Gasteiger charge is 2.06. The Kier molecular flexibility index (Phi) is 11.8. The predicted octanol–water partition coefficient (Wildman–Crippen LogP) is 4.38. The topological polar surface area (TPSA) is 41.6 Å². The SMILES string of the molecule is CCCCCCCCOc1ccc(CNC(=O)CN(CC)CC)cc1. The van der Waals surface area contributed by atoms with Gasteiger partial charge in [0.2, 0.25) is 5.91 Å². The summed E-state index contributed by atoms with van der Waals surface area (Å²) in [6, 6.07) is 8.02. The molecule has 1 aromatic rings. The summed E-state index contributed by atoms with van der Waals surface area (Å²) in [7, 11) is 0. The number of amides is 1. The third kappa shape index (κ3) is 10.1. The number of nitrogens with zero attached hydrogens (tertiary/aromatic N) is 1. The summed E-state index contributed by atoms with van der Waals surface area (Å²) in [4.78, 5) is 14.0. The van der Waals surface area contributed by atoms with Gasteiger partial charge in [-0.1, -0.05) is 65.0 Å². The lowest BCUT2D eigenvalue weighted by Gasteiger charge is -2.17. The van der Waals surface area contributed by atoms with Crippen molar-refractivity contribution >= 4 is 5.91 Å². The molecule has 0 aromatic heterocycles. The van der Waals surface area contributed by atoms with Gasteiger partial charge < -0.3 is 10.1 Å². The third-order valence-corrected chi connectivity index (χ3v) is 4.44. The number of carbonyl (C=O) groups is 1. The Morgan fingerprint density at radius 2 is 1.60 bits per heavy atom. The highest BCUT2D eigenvalue weighted by Crippen LogP contribution is 2.13. The summed E-state index contributed by atoms with van der Waals surface area (Å²) in [5.74, 6) is 0.985. The summed E-state index contributed by atoms with van der Waals surface area (Å²) in [5.41, 5.74) is 1.10. The second kappa shape index (κ2) is 13.7. The van der Waals surface area contributed by atoms with Crippen molar-refractivity contribution in [3.63, 3.8) is 0 Å². The third-order valence-electron chi connectivity index (χ3n) is 4.44. The van der Waals surface area contributed by atoms with Crippen LogP contribution in [0.4, 0.5) is 0 Å². The standard InChI is InChI=1S/C21H36N2O2/c1-4-7-8-9-10-11-16-25-20-14-12-19(13-15-20)17-22-21(24)18-23(5-2)6-3/h12-15H,4-11,16-18H2,1-3H3,(H,22,24). The summed E-state index contributed by atoms with van der Waals surface area (Å²) in [6.07, 6.45) is 7.64. The van der Waals surface area contributed by atoms with Gasteiger partial charge in [0, 0.05) is 6.54 Å². The van der Waals surface area contributed by atoms with E-state index in [1.807, 2.05) is 24.3 Å². The largest absolute Gasteiger partial charge is 0.494 e. The van der Waals surface area contributed by atoms with E-state index in [4.69, 9.17) is 4.74 Å². The molecule has 142 valence electrons. The number of nitrogens with one attached hydrogen (secondary N) is 1. The van der Waals surface area contributed by atoms with Crippen LogP contribution in [0.3, 0.4) is 0 Å². The highest BCUT2D eigenvalue weighted by molar-refractivity contribution is 5.78. The molecule has 4 nitrogen and oxygen atoms in total.